The second-order valence-corrected chi connectivity index (χ2v) is 3.62. The summed E-state index contributed by atoms with van der Waals surface area (Å²) >= 11 is 0. The molecular weight excluding hydrogens is 172 g/mol. The Morgan fingerprint density at radius 2 is 2.14 bits per heavy atom. The zero-order valence-corrected chi connectivity index (χ0v) is 9.21. The Bertz CT molecular complexity index is 241. The number of nitrogens with zero attached hydrogens (tertiary/aromatic N) is 1. The van der Waals surface area contributed by atoms with E-state index < -0.39 is 0 Å². The van der Waals surface area contributed by atoms with Gasteiger partial charge in [-0.2, -0.15) is 0 Å². The Morgan fingerprint density at radius 1 is 1.29 bits per heavy atom. The largest absolute Gasteiger partial charge is 0.317 e. The van der Waals surface area contributed by atoms with E-state index in [4.69, 9.17) is 0 Å². The van der Waals surface area contributed by atoms with Crippen LogP contribution in [0, 0.1) is 6.92 Å². The summed E-state index contributed by atoms with van der Waals surface area (Å²) in [4.78, 5) is 4.28. The van der Waals surface area contributed by atoms with Crippen LogP contribution in [-0.4, -0.2) is 18.1 Å². The first-order chi connectivity index (χ1) is 6.83. The van der Waals surface area contributed by atoms with Gasteiger partial charge in [0.1, 0.15) is 0 Å². The topological polar surface area (TPSA) is 24.9 Å². The molecule has 0 aliphatic carbocycles. The van der Waals surface area contributed by atoms with Crippen molar-refractivity contribution in [2.24, 2.45) is 0 Å². The van der Waals surface area contributed by atoms with Crippen LogP contribution < -0.4 is 5.32 Å². The van der Waals surface area contributed by atoms with Gasteiger partial charge in [0.15, 0.2) is 0 Å². The molecule has 0 fully saturated rings. The van der Waals surface area contributed by atoms with Crippen molar-refractivity contribution in [3.8, 4) is 0 Å². The second kappa shape index (κ2) is 6.55. The molecule has 0 aliphatic heterocycles. The van der Waals surface area contributed by atoms with E-state index in [1.807, 2.05) is 13.1 Å². The lowest BCUT2D eigenvalue weighted by Crippen LogP contribution is -2.13. The van der Waals surface area contributed by atoms with Gasteiger partial charge in [-0.25, -0.2) is 0 Å². The number of aromatic nitrogens is 1. The van der Waals surface area contributed by atoms with Gasteiger partial charge in [0.2, 0.25) is 0 Å². The molecule has 0 saturated carbocycles. The van der Waals surface area contributed by atoms with Gasteiger partial charge in [-0.1, -0.05) is 13.0 Å². The number of rotatable bonds is 6. The Hall–Kier alpha value is -0.890. The zero-order valence-electron chi connectivity index (χ0n) is 9.21. The van der Waals surface area contributed by atoms with E-state index in [-0.39, 0.29) is 0 Å². The number of hydrogen-bond acceptors (Lipinski definition) is 2. The number of nitrogens with one attached hydrogen (secondary N) is 1. The van der Waals surface area contributed by atoms with E-state index in [2.05, 4.69) is 29.4 Å². The average molecular weight is 192 g/mol. The van der Waals surface area contributed by atoms with E-state index >= 15 is 0 Å². The first-order valence-corrected chi connectivity index (χ1v) is 5.45. The van der Waals surface area contributed by atoms with Crippen molar-refractivity contribution < 1.29 is 0 Å². The third-order valence-electron chi connectivity index (χ3n) is 2.29. The predicted molar refractivity (Wildman–Crippen MR) is 60.5 cm³/mol. The Kier molecular flexibility index (Phi) is 5.23. The van der Waals surface area contributed by atoms with Crippen molar-refractivity contribution in [2.75, 3.05) is 13.1 Å². The molecule has 1 N–H and O–H groups in total. The molecule has 0 bridgehead atoms. The average Bonchev–Trinajstić information content (AvgIpc) is 2.21. The first-order valence-electron chi connectivity index (χ1n) is 5.45. The maximum absolute atomic E-state index is 4.28. The molecule has 1 rings (SSSR count). The fourth-order valence-electron chi connectivity index (χ4n) is 1.40. The highest BCUT2D eigenvalue weighted by Gasteiger charge is 1.93. The molecule has 0 aromatic carbocycles. The van der Waals surface area contributed by atoms with Crippen molar-refractivity contribution in [1.29, 1.82) is 0 Å². The summed E-state index contributed by atoms with van der Waals surface area (Å²) in [6.07, 6.45) is 5.64. The number of hydrogen-bond donors (Lipinski definition) is 1. The first kappa shape index (κ1) is 11.2. The van der Waals surface area contributed by atoms with Crippen LogP contribution in [0.4, 0.5) is 0 Å². The monoisotopic (exact) mass is 192 g/mol. The summed E-state index contributed by atoms with van der Waals surface area (Å²) in [5, 5.41) is 3.33. The molecule has 78 valence electrons. The SMILES string of the molecule is CCNCCCCc1ccc(C)nc1. The summed E-state index contributed by atoms with van der Waals surface area (Å²) in [6.45, 7) is 6.38. The standard InChI is InChI=1S/C12H20N2/c1-3-13-9-5-4-6-12-8-7-11(2)14-10-12/h7-8,10,13H,3-6,9H2,1-2H3. The summed E-state index contributed by atoms with van der Waals surface area (Å²) in [5.41, 5.74) is 2.45. The predicted octanol–water partition coefficient (Wildman–Crippen LogP) is 2.32. The smallest absolute Gasteiger partial charge is 0.0372 e. The van der Waals surface area contributed by atoms with Crippen molar-refractivity contribution in [3.63, 3.8) is 0 Å². The third kappa shape index (κ3) is 4.38. The lowest BCUT2D eigenvalue weighted by Gasteiger charge is -2.02. The molecule has 1 aromatic rings. The van der Waals surface area contributed by atoms with Crippen LogP contribution in [0.5, 0.6) is 0 Å². The van der Waals surface area contributed by atoms with E-state index in [0.717, 1.165) is 25.2 Å². The third-order valence-corrected chi connectivity index (χ3v) is 2.29. The van der Waals surface area contributed by atoms with E-state index in [9.17, 15) is 0 Å². The van der Waals surface area contributed by atoms with Gasteiger partial charge in [0.05, 0.1) is 0 Å². The molecule has 2 heteroatoms. The molecule has 0 spiro atoms. The molecule has 1 aromatic heterocycles. The zero-order chi connectivity index (χ0) is 10.2. The Morgan fingerprint density at radius 3 is 2.79 bits per heavy atom. The number of aryl methyl sites for hydroxylation is 2. The van der Waals surface area contributed by atoms with Crippen molar-refractivity contribution in [2.45, 2.75) is 33.1 Å². The van der Waals surface area contributed by atoms with Gasteiger partial charge >= 0.3 is 0 Å². The maximum atomic E-state index is 4.28. The summed E-state index contributed by atoms with van der Waals surface area (Å²) in [7, 11) is 0. The quantitative estimate of drug-likeness (QED) is 0.700. The Labute approximate surface area is 86.8 Å². The molecular formula is C12H20N2. The molecule has 0 saturated heterocycles. The van der Waals surface area contributed by atoms with Gasteiger partial charge in [-0.05, 0) is 50.9 Å². The van der Waals surface area contributed by atoms with E-state index in [1.165, 1.54) is 18.4 Å². The van der Waals surface area contributed by atoms with Crippen LogP contribution in [0.25, 0.3) is 0 Å². The molecule has 1 heterocycles. The normalized spacial score (nSPS) is 10.4. The van der Waals surface area contributed by atoms with Crippen LogP contribution in [0.15, 0.2) is 18.3 Å². The summed E-state index contributed by atoms with van der Waals surface area (Å²) < 4.78 is 0. The van der Waals surface area contributed by atoms with Crippen LogP contribution in [0.3, 0.4) is 0 Å². The minimum Gasteiger partial charge on any atom is -0.317 e. The van der Waals surface area contributed by atoms with Gasteiger partial charge in [0, 0.05) is 11.9 Å². The summed E-state index contributed by atoms with van der Waals surface area (Å²) in [6, 6.07) is 4.26. The highest BCUT2D eigenvalue weighted by atomic mass is 14.8. The number of pyridine rings is 1. The van der Waals surface area contributed by atoms with Crippen molar-refractivity contribution in [3.05, 3.63) is 29.6 Å². The fraction of sp³-hybridized carbons (Fsp3) is 0.583. The molecule has 14 heavy (non-hydrogen) atoms. The lowest BCUT2D eigenvalue weighted by atomic mass is 10.1. The van der Waals surface area contributed by atoms with Gasteiger partial charge in [-0.3, -0.25) is 4.98 Å². The maximum Gasteiger partial charge on any atom is 0.0372 e. The van der Waals surface area contributed by atoms with Crippen LogP contribution in [-0.2, 0) is 6.42 Å². The molecule has 0 radical (unpaired) electrons. The van der Waals surface area contributed by atoms with E-state index in [1.54, 1.807) is 0 Å². The molecule has 2 nitrogen and oxygen atoms in total. The van der Waals surface area contributed by atoms with Gasteiger partial charge in [0.25, 0.3) is 0 Å². The van der Waals surface area contributed by atoms with Crippen molar-refractivity contribution in [1.82, 2.24) is 10.3 Å². The second-order valence-electron chi connectivity index (χ2n) is 3.62. The van der Waals surface area contributed by atoms with Crippen LogP contribution in [0.2, 0.25) is 0 Å². The fourth-order valence-corrected chi connectivity index (χ4v) is 1.40. The van der Waals surface area contributed by atoms with Crippen LogP contribution in [0.1, 0.15) is 31.0 Å². The highest BCUT2D eigenvalue weighted by molar-refractivity contribution is 5.12. The molecule has 0 amide bonds. The van der Waals surface area contributed by atoms with E-state index in [0.29, 0.717) is 0 Å². The van der Waals surface area contributed by atoms with Gasteiger partial charge in [-0.15, -0.1) is 0 Å². The molecule has 0 atom stereocenters. The number of unbranched alkanes of at least 4 members (excludes halogenated alkanes) is 1. The molecule has 0 unspecified atom stereocenters. The minimum absolute atomic E-state index is 1.08. The highest BCUT2D eigenvalue weighted by Crippen LogP contribution is 2.04. The molecule has 0 aliphatic rings. The van der Waals surface area contributed by atoms with Crippen LogP contribution >= 0.6 is 0 Å². The Balaban J connectivity index is 2.15. The van der Waals surface area contributed by atoms with Crippen molar-refractivity contribution >= 4 is 0 Å². The lowest BCUT2D eigenvalue weighted by molar-refractivity contribution is 0.640. The minimum atomic E-state index is 1.08. The summed E-state index contributed by atoms with van der Waals surface area (Å²) in [5.74, 6) is 0. The van der Waals surface area contributed by atoms with Gasteiger partial charge < -0.3 is 5.32 Å².